The molecule has 24 heavy (non-hydrogen) atoms. The molecule has 2 aromatic rings. The standard InChI is InChI=1S/C19H19N3O2/c1-24-13-16-11-22(12-17(16)18-4-2-3-9-21-18)19(23)15-7-5-14(10-20)6-8-15/h2-9,16-17H,11-13H2,1H3/t16-,17+/m0/s1. The summed E-state index contributed by atoms with van der Waals surface area (Å²) in [6.07, 6.45) is 1.78. The molecule has 122 valence electrons. The molecule has 1 saturated heterocycles. The molecule has 1 aliphatic heterocycles. The molecule has 0 unspecified atom stereocenters. The SMILES string of the molecule is COC[C@@H]1CN(C(=O)c2ccc(C#N)cc2)C[C@H]1c1ccccn1. The first-order valence-electron chi connectivity index (χ1n) is 7.92. The van der Waals surface area contributed by atoms with Crippen LogP contribution in [0.4, 0.5) is 0 Å². The summed E-state index contributed by atoms with van der Waals surface area (Å²) in [6.45, 7) is 1.87. The summed E-state index contributed by atoms with van der Waals surface area (Å²) in [7, 11) is 1.68. The van der Waals surface area contributed by atoms with E-state index in [1.165, 1.54) is 0 Å². The molecule has 0 spiro atoms. The number of hydrogen-bond acceptors (Lipinski definition) is 4. The Morgan fingerprint density at radius 1 is 1.29 bits per heavy atom. The van der Waals surface area contributed by atoms with Crippen molar-refractivity contribution in [3.05, 3.63) is 65.5 Å². The third-order valence-corrected chi connectivity index (χ3v) is 4.44. The molecule has 3 rings (SSSR count). The highest BCUT2D eigenvalue weighted by atomic mass is 16.5. The van der Waals surface area contributed by atoms with Crippen molar-refractivity contribution in [2.45, 2.75) is 5.92 Å². The number of hydrogen-bond donors (Lipinski definition) is 0. The number of carbonyl (C=O) groups is 1. The molecule has 5 heteroatoms. The summed E-state index contributed by atoms with van der Waals surface area (Å²) >= 11 is 0. The van der Waals surface area contributed by atoms with E-state index in [1.54, 1.807) is 37.6 Å². The number of carbonyl (C=O) groups excluding carboxylic acids is 1. The number of nitriles is 1. The minimum Gasteiger partial charge on any atom is -0.384 e. The zero-order valence-corrected chi connectivity index (χ0v) is 13.6. The van der Waals surface area contributed by atoms with Crippen LogP contribution in [0.15, 0.2) is 48.7 Å². The predicted octanol–water partition coefficient (Wildman–Crippen LogP) is 2.46. The highest BCUT2D eigenvalue weighted by Crippen LogP contribution is 2.32. The smallest absolute Gasteiger partial charge is 0.253 e. The molecular weight excluding hydrogens is 302 g/mol. The molecule has 0 aliphatic carbocycles. The van der Waals surface area contributed by atoms with Gasteiger partial charge < -0.3 is 9.64 Å². The molecule has 1 aromatic carbocycles. The fourth-order valence-corrected chi connectivity index (χ4v) is 3.22. The fourth-order valence-electron chi connectivity index (χ4n) is 3.22. The largest absolute Gasteiger partial charge is 0.384 e. The van der Waals surface area contributed by atoms with Gasteiger partial charge >= 0.3 is 0 Å². The second-order valence-electron chi connectivity index (χ2n) is 5.98. The lowest BCUT2D eigenvalue weighted by atomic mass is 9.93. The van der Waals surface area contributed by atoms with Crippen LogP contribution in [0, 0.1) is 17.2 Å². The van der Waals surface area contributed by atoms with Crippen LogP contribution in [0.5, 0.6) is 0 Å². The molecule has 0 radical (unpaired) electrons. The first kappa shape index (κ1) is 16.2. The minimum absolute atomic E-state index is 0.0148. The average molecular weight is 321 g/mol. The Hall–Kier alpha value is -2.71. The summed E-state index contributed by atoms with van der Waals surface area (Å²) in [6, 6.07) is 14.7. The summed E-state index contributed by atoms with van der Waals surface area (Å²) in [5.74, 6) is 0.389. The third-order valence-electron chi connectivity index (χ3n) is 4.44. The van der Waals surface area contributed by atoms with E-state index in [1.807, 2.05) is 23.1 Å². The van der Waals surface area contributed by atoms with Crippen LogP contribution in [-0.2, 0) is 4.74 Å². The van der Waals surface area contributed by atoms with Crippen LogP contribution in [-0.4, -0.2) is 42.6 Å². The zero-order chi connectivity index (χ0) is 16.9. The van der Waals surface area contributed by atoms with Crippen LogP contribution >= 0.6 is 0 Å². The number of ether oxygens (including phenoxy) is 1. The van der Waals surface area contributed by atoms with E-state index >= 15 is 0 Å². The van der Waals surface area contributed by atoms with Gasteiger partial charge in [-0.3, -0.25) is 9.78 Å². The third kappa shape index (κ3) is 3.29. The normalized spacial score (nSPS) is 19.9. The molecule has 1 fully saturated rings. The zero-order valence-electron chi connectivity index (χ0n) is 13.6. The summed E-state index contributed by atoms with van der Waals surface area (Å²) < 4.78 is 5.34. The molecule has 0 N–H and O–H groups in total. The van der Waals surface area contributed by atoms with Gasteiger partial charge in [0.15, 0.2) is 0 Å². The number of aromatic nitrogens is 1. The fraction of sp³-hybridized carbons (Fsp3) is 0.316. The Morgan fingerprint density at radius 2 is 2.08 bits per heavy atom. The van der Waals surface area contributed by atoms with Gasteiger partial charge in [0.1, 0.15) is 0 Å². The first-order valence-corrected chi connectivity index (χ1v) is 7.92. The van der Waals surface area contributed by atoms with E-state index in [2.05, 4.69) is 11.1 Å². The van der Waals surface area contributed by atoms with Gasteiger partial charge in [-0.1, -0.05) is 6.07 Å². The van der Waals surface area contributed by atoms with Crippen molar-refractivity contribution in [2.24, 2.45) is 5.92 Å². The Balaban J connectivity index is 1.79. The van der Waals surface area contributed by atoms with E-state index in [0.717, 1.165) is 5.69 Å². The lowest BCUT2D eigenvalue weighted by molar-refractivity contribution is 0.0775. The Kier molecular flexibility index (Phi) is 4.88. The van der Waals surface area contributed by atoms with E-state index in [4.69, 9.17) is 10.00 Å². The second kappa shape index (κ2) is 7.24. The van der Waals surface area contributed by atoms with Crippen molar-refractivity contribution >= 4 is 5.91 Å². The number of methoxy groups -OCH3 is 1. The average Bonchev–Trinajstić information content (AvgIpc) is 3.06. The monoisotopic (exact) mass is 321 g/mol. The predicted molar refractivity (Wildman–Crippen MR) is 89.4 cm³/mol. The topological polar surface area (TPSA) is 66.2 Å². The maximum atomic E-state index is 12.8. The van der Waals surface area contributed by atoms with Gasteiger partial charge in [0.25, 0.3) is 5.91 Å². The number of nitrogens with zero attached hydrogens (tertiary/aromatic N) is 3. The first-order chi connectivity index (χ1) is 11.7. The molecule has 2 heterocycles. The number of rotatable bonds is 4. The van der Waals surface area contributed by atoms with Crippen LogP contribution in [0.25, 0.3) is 0 Å². The molecule has 5 nitrogen and oxygen atoms in total. The molecular formula is C19H19N3O2. The highest BCUT2D eigenvalue weighted by Gasteiger charge is 2.37. The van der Waals surface area contributed by atoms with Crippen LogP contribution in [0.1, 0.15) is 27.5 Å². The van der Waals surface area contributed by atoms with Crippen LogP contribution in [0.2, 0.25) is 0 Å². The van der Waals surface area contributed by atoms with E-state index in [9.17, 15) is 4.79 Å². The Morgan fingerprint density at radius 3 is 2.71 bits per heavy atom. The number of likely N-dealkylation sites (tertiary alicyclic amines) is 1. The van der Waals surface area contributed by atoms with E-state index in [0.29, 0.717) is 30.8 Å². The second-order valence-corrected chi connectivity index (χ2v) is 5.98. The van der Waals surface area contributed by atoms with Crippen molar-refractivity contribution < 1.29 is 9.53 Å². The van der Waals surface area contributed by atoms with Crippen LogP contribution in [0.3, 0.4) is 0 Å². The minimum atomic E-state index is -0.0148. The van der Waals surface area contributed by atoms with Crippen molar-refractivity contribution in [3.63, 3.8) is 0 Å². The van der Waals surface area contributed by atoms with E-state index < -0.39 is 0 Å². The quantitative estimate of drug-likeness (QED) is 0.867. The summed E-state index contributed by atoms with van der Waals surface area (Å²) in [5, 5.41) is 8.87. The Bertz CT molecular complexity index is 737. The van der Waals surface area contributed by atoms with Crippen molar-refractivity contribution in [2.75, 3.05) is 26.8 Å². The lowest BCUT2D eigenvalue weighted by Crippen LogP contribution is -2.29. The molecule has 1 amide bonds. The molecule has 0 saturated carbocycles. The van der Waals surface area contributed by atoms with Gasteiger partial charge in [-0.2, -0.15) is 5.26 Å². The van der Waals surface area contributed by atoms with Crippen LogP contribution < -0.4 is 0 Å². The van der Waals surface area contributed by atoms with Crippen molar-refractivity contribution in [1.82, 2.24) is 9.88 Å². The Labute approximate surface area is 141 Å². The summed E-state index contributed by atoms with van der Waals surface area (Å²) in [5.41, 5.74) is 2.15. The molecule has 2 atom stereocenters. The van der Waals surface area contributed by atoms with Crippen molar-refractivity contribution in [1.29, 1.82) is 5.26 Å². The maximum Gasteiger partial charge on any atom is 0.253 e. The van der Waals surface area contributed by atoms with Gasteiger partial charge in [0.05, 0.1) is 18.2 Å². The molecule has 1 aromatic heterocycles. The number of amides is 1. The summed E-state index contributed by atoms with van der Waals surface area (Å²) in [4.78, 5) is 19.1. The molecule has 0 bridgehead atoms. The van der Waals surface area contributed by atoms with Gasteiger partial charge in [0, 0.05) is 49.5 Å². The number of benzene rings is 1. The highest BCUT2D eigenvalue weighted by molar-refractivity contribution is 5.94. The number of pyridine rings is 1. The van der Waals surface area contributed by atoms with Crippen molar-refractivity contribution in [3.8, 4) is 6.07 Å². The van der Waals surface area contributed by atoms with Gasteiger partial charge in [-0.25, -0.2) is 0 Å². The maximum absolute atomic E-state index is 12.8. The van der Waals surface area contributed by atoms with Gasteiger partial charge in [0.2, 0.25) is 0 Å². The van der Waals surface area contributed by atoms with E-state index in [-0.39, 0.29) is 17.7 Å². The van der Waals surface area contributed by atoms with Gasteiger partial charge in [-0.15, -0.1) is 0 Å². The molecule has 1 aliphatic rings. The van der Waals surface area contributed by atoms with Gasteiger partial charge in [-0.05, 0) is 36.4 Å². The lowest BCUT2D eigenvalue weighted by Gasteiger charge is -2.16.